The number of likely N-dealkylation sites (tertiary alicyclic amines) is 1. The Balaban J connectivity index is 2.13. The summed E-state index contributed by atoms with van der Waals surface area (Å²) in [5.41, 5.74) is 6.68. The summed E-state index contributed by atoms with van der Waals surface area (Å²) in [6.07, 6.45) is 2.78. The lowest BCUT2D eigenvalue weighted by Gasteiger charge is -2.35. The molecule has 94 valence electrons. The summed E-state index contributed by atoms with van der Waals surface area (Å²) in [4.78, 5) is 14.2. The highest BCUT2D eigenvalue weighted by Gasteiger charge is 2.27. The highest BCUT2D eigenvalue weighted by molar-refractivity contribution is 9.10. The maximum Gasteiger partial charge on any atom is 0.270 e. The summed E-state index contributed by atoms with van der Waals surface area (Å²) >= 11 is 3.39. The number of rotatable bonds is 1. The number of carbonyl (C=O) groups is 1. The lowest BCUT2D eigenvalue weighted by molar-refractivity contribution is 0.0654. The summed E-state index contributed by atoms with van der Waals surface area (Å²) in [5.74, 6) is 0.466. The zero-order chi connectivity index (χ0) is 12.6. The van der Waals surface area contributed by atoms with Crippen LogP contribution in [-0.4, -0.2) is 34.5 Å². The molecule has 1 aromatic rings. The zero-order valence-electron chi connectivity index (χ0n) is 10.2. The molecule has 0 aromatic carbocycles. The molecule has 1 amide bonds. The van der Waals surface area contributed by atoms with Crippen molar-refractivity contribution < 1.29 is 4.79 Å². The average Bonchev–Trinajstić information content (AvgIpc) is 2.61. The SMILES string of the molecule is CC1CN(C(=O)c2cc(Br)cn2C)CCC1N. The Labute approximate surface area is 110 Å². The molecule has 0 aliphatic carbocycles. The Morgan fingerprint density at radius 2 is 2.29 bits per heavy atom. The summed E-state index contributed by atoms with van der Waals surface area (Å²) < 4.78 is 2.79. The van der Waals surface area contributed by atoms with Gasteiger partial charge in [-0.15, -0.1) is 0 Å². The molecule has 5 heteroatoms. The smallest absolute Gasteiger partial charge is 0.270 e. The van der Waals surface area contributed by atoms with Gasteiger partial charge in [-0.3, -0.25) is 4.79 Å². The molecule has 1 fully saturated rings. The second kappa shape index (κ2) is 4.82. The van der Waals surface area contributed by atoms with Crippen LogP contribution in [-0.2, 0) is 7.05 Å². The second-order valence-electron chi connectivity index (χ2n) is 4.84. The Bertz CT molecular complexity index is 429. The minimum atomic E-state index is 0.0944. The standard InChI is InChI=1S/C12H18BrN3O/c1-8-6-16(4-3-10(8)14)12(17)11-5-9(13)7-15(11)2/h5,7-8,10H,3-4,6,14H2,1-2H3. The summed E-state index contributed by atoms with van der Waals surface area (Å²) in [5, 5.41) is 0. The maximum atomic E-state index is 12.3. The molecule has 2 unspecified atom stereocenters. The van der Waals surface area contributed by atoms with Crippen molar-refractivity contribution in [2.45, 2.75) is 19.4 Å². The number of amides is 1. The maximum absolute atomic E-state index is 12.3. The third kappa shape index (κ3) is 2.55. The van der Waals surface area contributed by atoms with Gasteiger partial charge in [0.2, 0.25) is 0 Å². The third-order valence-electron chi connectivity index (χ3n) is 3.45. The highest BCUT2D eigenvalue weighted by Crippen LogP contribution is 2.20. The van der Waals surface area contributed by atoms with Crippen molar-refractivity contribution >= 4 is 21.8 Å². The highest BCUT2D eigenvalue weighted by atomic mass is 79.9. The van der Waals surface area contributed by atoms with Crippen molar-refractivity contribution in [3.8, 4) is 0 Å². The number of aromatic nitrogens is 1. The van der Waals surface area contributed by atoms with Crippen LogP contribution in [0.25, 0.3) is 0 Å². The number of piperidine rings is 1. The van der Waals surface area contributed by atoms with E-state index in [0.29, 0.717) is 5.92 Å². The molecule has 2 N–H and O–H groups in total. The summed E-state index contributed by atoms with van der Waals surface area (Å²) in [6, 6.07) is 2.08. The Kier molecular flexibility index (Phi) is 3.58. The van der Waals surface area contributed by atoms with Gasteiger partial charge in [0.15, 0.2) is 0 Å². The van der Waals surface area contributed by atoms with Crippen LogP contribution in [0.5, 0.6) is 0 Å². The molecule has 0 spiro atoms. The first-order valence-electron chi connectivity index (χ1n) is 5.85. The summed E-state index contributed by atoms with van der Waals surface area (Å²) in [7, 11) is 1.89. The fraction of sp³-hybridized carbons (Fsp3) is 0.583. The van der Waals surface area contributed by atoms with Crippen molar-refractivity contribution in [2.75, 3.05) is 13.1 Å². The van der Waals surface area contributed by atoms with E-state index in [1.54, 1.807) is 0 Å². The van der Waals surface area contributed by atoms with Crippen LogP contribution in [0.1, 0.15) is 23.8 Å². The van der Waals surface area contributed by atoms with E-state index in [0.717, 1.165) is 29.7 Å². The van der Waals surface area contributed by atoms with Gasteiger partial charge in [-0.1, -0.05) is 6.92 Å². The van der Waals surface area contributed by atoms with Gasteiger partial charge in [0.25, 0.3) is 5.91 Å². The quantitative estimate of drug-likeness (QED) is 0.856. The lowest BCUT2D eigenvalue weighted by Crippen LogP contribution is -2.48. The molecule has 2 atom stereocenters. The van der Waals surface area contributed by atoms with E-state index in [4.69, 9.17) is 5.73 Å². The first-order chi connectivity index (χ1) is 7.99. The number of hydrogen-bond donors (Lipinski definition) is 1. The fourth-order valence-corrected chi connectivity index (χ4v) is 2.77. The first kappa shape index (κ1) is 12.6. The van der Waals surface area contributed by atoms with Gasteiger partial charge < -0.3 is 15.2 Å². The van der Waals surface area contributed by atoms with Crippen LogP contribution in [0.15, 0.2) is 16.7 Å². The minimum Gasteiger partial charge on any atom is -0.345 e. The lowest BCUT2D eigenvalue weighted by atomic mass is 9.94. The largest absolute Gasteiger partial charge is 0.345 e. The number of carbonyl (C=O) groups excluding carboxylic acids is 1. The van der Waals surface area contributed by atoms with E-state index in [1.807, 2.05) is 28.8 Å². The predicted octanol–water partition coefficient (Wildman–Crippen LogP) is 1.60. The number of aryl methyl sites for hydroxylation is 1. The topological polar surface area (TPSA) is 51.3 Å². The van der Waals surface area contributed by atoms with Crippen LogP contribution < -0.4 is 5.73 Å². The van der Waals surface area contributed by atoms with Gasteiger partial charge in [0.05, 0.1) is 0 Å². The molecular formula is C12H18BrN3O. The molecule has 0 radical (unpaired) electrons. The van der Waals surface area contributed by atoms with Crippen molar-refractivity contribution in [3.05, 3.63) is 22.4 Å². The number of nitrogens with two attached hydrogens (primary N) is 1. The van der Waals surface area contributed by atoms with E-state index >= 15 is 0 Å². The molecule has 0 bridgehead atoms. The Hall–Kier alpha value is -0.810. The Morgan fingerprint density at radius 3 is 2.82 bits per heavy atom. The fourth-order valence-electron chi connectivity index (χ4n) is 2.25. The molecule has 1 aliphatic rings. The van der Waals surface area contributed by atoms with Gasteiger partial charge in [-0.2, -0.15) is 0 Å². The van der Waals surface area contributed by atoms with Gasteiger partial charge in [0.1, 0.15) is 5.69 Å². The van der Waals surface area contributed by atoms with E-state index in [9.17, 15) is 4.79 Å². The van der Waals surface area contributed by atoms with Crippen molar-refractivity contribution in [1.82, 2.24) is 9.47 Å². The molecule has 1 saturated heterocycles. The minimum absolute atomic E-state index is 0.0944. The van der Waals surface area contributed by atoms with Crippen molar-refractivity contribution in [3.63, 3.8) is 0 Å². The molecule has 1 aliphatic heterocycles. The number of nitrogens with zero attached hydrogens (tertiary/aromatic N) is 2. The van der Waals surface area contributed by atoms with Gasteiger partial charge >= 0.3 is 0 Å². The van der Waals surface area contributed by atoms with Crippen LogP contribution >= 0.6 is 15.9 Å². The predicted molar refractivity (Wildman–Crippen MR) is 70.8 cm³/mol. The molecule has 2 rings (SSSR count). The molecule has 2 heterocycles. The van der Waals surface area contributed by atoms with Crippen molar-refractivity contribution in [2.24, 2.45) is 18.7 Å². The number of halogens is 1. The van der Waals surface area contributed by atoms with Crippen LogP contribution in [0.4, 0.5) is 0 Å². The zero-order valence-corrected chi connectivity index (χ0v) is 11.8. The monoisotopic (exact) mass is 299 g/mol. The molecule has 17 heavy (non-hydrogen) atoms. The van der Waals surface area contributed by atoms with E-state index in [-0.39, 0.29) is 11.9 Å². The molecule has 0 saturated carbocycles. The summed E-state index contributed by atoms with van der Waals surface area (Å²) in [6.45, 7) is 3.61. The van der Waals surface area contributed by atoms with Gasteiger partial charge in [0, 0.05) is 36.8 Å². The first-order valence-corrected chi connectivity index (χ1v) is 6.65. The third-order valence-corrected chi connectivity index (χ3v) is 3.88. The molecule has 1 aromatic heterocycles. The van der Waals surface area contributed by atoms with E-state index in [1.165, 1.54) is 0 Å². The van der Waals surface area contributed by atoms with Gasteiger partial charge in [-0.25, -0.2) is 0 Å². The second-order valence-corrected chi connectivity index (χ2v) is 5.75. The molecular weight excluding hydrogens is 282 g/mol. The van der Waals surface area contributed by atoms with Crippen molar-refractivity contribution in [1.29, 1.82) is 0 Å². The molecule has 4 nitrogen and oxygen atoms in total. The van der Waals surface area contributed by atoms with Gasteiger partial charge in [-0.05, 0) is 34.3 Å². The van der Waals surface area contributed by atoms with Crippen LogP contribution in [0.3, 0.4) is 0 Å². The normalized spacial score (nSPS) is 25.1. The van der Waals surface area contributed by atoms with E-state index < -0.39 is 0 Å². The van der Waals surface area contributed by atoms with Crippen LogP contribution in [0.2, 0.25) is 0 Å². The number of hydrogen-bond acceptors (Lipinski definition) is 2. The van der Waals surface area contributed by atoms with Crippen LogP contribution in [0, 0.1) is 5.92 Å². The van der Waals surface area contributed by atoms with E-state index in [2.05, 4.69) is 22.9 Å². The average molecular weight is 300 g/mol. The Morgan fingerprint density at radius 1 is 1.59 bits per heavy atom.